The van der Waals surface area contributed by atoms with Gasteiger partial charge in [-0.25, -0.2) is 0 Å². The highest BCUT2D eigenvalue weighted by molar-refractivity contribution is 5.05. The molecule has 0 radical (unpaired) electrons. The van der Waals surface area contributed by atoms with Gasteiger partial charge in [0.2, 0.25) is 0 Å². The Morgan fingerprint density at radius 2 is 2.28 bits per heavy atom. The van der Waals surface area contributed by atoms with E-state index in [-0.39, 0.29) is 0 Å². The molecule has 0 aliphatic carbocycles. The van der Waals surface area contributed by atoms with Crippen molar-refractivity contribution in [3.63, 3.8) is 0 Å². The number of hydrogen-bond acceptors (Lipinski definition) is 4. The largest absolute Gasteiger partial charge is 0.360 e. The summed E-state index contributed by atoms with van der Waals surface area (Å²) in [5.74, 6) is 0.929. The minimum absolute atomic E-state index is 0.784. The van der Waals surface area contributed by atoms with E-state index < -0.39 is 0 Å². The van der Waals surface area contributed by atoms with Crippen molar-refractivity contribution >= 4 is 0 Å². The van der Waals surface area contributed by atoms with E-state index in [4.69, 9.17) is 4.52 Å². The van der Waals surface area contributed by atoms with Gasteiger partial charge in [0.15, 0.2) is 5.76 Å². The van der Waals surface area contributed by atoms with Crippen molar-refractivity contribution in [1.29, 1.82) is 0 Å². The van der Waals surface area contributed by atoms with Gasteiger partial charge in [0.05, 0.1) is 12.2 Å². The Morgan fingerprint density at radius 1 is 1.44 bits per heavy atom. The van der Waals surface area contributed by atoms with Crippen LogP contribution in [0.1, 0.15) is 38.1 Å². The van der Waals surface area contributed by atoms with Gasteiger partial charge in [-0.2, -0.15) is 0 Å². The first kappa shape index (κ1) is 14.9. The molecule has 4 nitrogen and oxygen atoms in total. The second kappa shape index (κ2) is 8.89. The first-order valence-electron chi connectivity index (χ1n) is 6.78. The molecule has 1 N–H and O–H groups in total. The summed E-state index contributed by atoms with van der Waals surface area (Å²) in [6.07, 6.45) is 4.19. The van der Waals surface area contributed by atoms with Crippen molar-refractivity contribution < 1.29 is 4.52 Å². The Bertz CT molecular complexity index is 336. The molecule has 0 fully saturated rings. The van der Waals surface area contributed by atoms with Gasteiger partial charge in [-0.15, -0.1) is 6.58 Å². The standard InChI is InChI=1S/C14H25N3O/c1-4-7-15-11-13-10-14(18-16-13)12-17(8-5-2)9-6-3/h5,10,15H,2,4,6-9,11-12H2,1,3H3. The molecule has 0 saturated carbocycles. The van der Waals surface area contributed by atoms with E-state index in [9.17, 15) is 0 Å². The van der Waals surface area contributed by atoms with E-state index in [2.05, 4.69) is 35.8 Å². The molecule has 1 aromatic rings. The zero-order valence-electron chi connectivity index (χ0n) is 11.6. The molecular weight excluding hydrogens is 226 g/mol. The van der Waals surface area contributed by atoms with Crippen molar-refractivity contribution in [2.75, 3.05) is 19.6 Å². The van der Waals surface area contributed by atoms with Crippen LogP contribution in [0.2, 0.25) is 0 Å². The minimum atomic E-state index is 0.784. The predicted octanol–water partition coefficient (Wildman–Crippen LogP) is 2.57. The van der Waals surface area contributed by atoms with Crippen molar-refractivity contribution in [3.8, 4) is 0 Å². The summed E-state index contributed by atoms with van der Waals surface area (Å²) in [6.45, 7) is 12.7. The Hall–Kier alpha value is -1.13. The molecule has 0 amide bonds. The fraction of sp³-hybridized carbons (Fsp3) is 0.643. The van der Waals surface area contributed by atoms with Gasteiger partial charge in [0.25, 0.3) is 0 Å². The summed E-state index contributed by atoms with van der Waals surface area (Å²) in [6, 6.07) is 2.04. The molecule has 0 saturated heterocycles. The van der Waals surface area contributed by atoms with Crippen LogP contribution in [-0.2, 0) is 13.1 Å². The topological polar surface area (TPSA) is 41.3 Å². The molecule has 1 aromatic heterocycles. The van der Waals surface area contributed by atoms with E-state index in [1.54, 1.807) is 0 Å². The highest BCUT2D eigenvalue weighted by Gasteiger charge is 2.08. The molecule has 0 bridgehead atoms. The van der Waals surface area contributed by atoms with Crippen LogP contribution in [0.3, 0.4) is 0 Å². The van der Waals surface area contributed by atoms with Crippen LogP contribution in [0.15, 0.2) is 23.2 Å². The molecule has 4 heteroatoms. The second-order valence-corrected chi connectivity index (χ2v) is 4.49. The van der Waals surface area contributed by atoms with Crippen LogP contribution in [0.4, 0.5) is 0 Å². The van der Waals surface area contributed by atoms with Crippen LogP contribution in [0.25, 0.3) is 0 Å². The molecule has 0 atom stereocenters. The number of aromatic nitrogens is 1. The minimum Gasteiger partial charge on any atom is -0.360 e. The molecular formula is C14H25N3O. The number of rotatable bonds is 10. The van der Waals surface area contributed by atoms with E-state index in [0.29, 0.717) is 0 Å². The third-order valence-corrected chi connectivity index (χ3v) is 2.65. The first-order chi connectivity index (χ1) is 8.80. The van der Waals surface area contributed by atoms with Crippen LogP contribution in [-0.4, -0.2) is 29.7 Å². The molecule has 102 valence electrons. The van der Waals surface area contributed by atoms with Gasteiger partial charge < -0.3 is 9.84 Å². The number of nitrogens with zero attached hydrogens (tertiary/aromatic N) is 2. The van der Waals surface area contributed by atoms with E-state index in [0.717, 1.165) is 57.0 Å². The highest BCUT2D eigenvalue weighted by atomic mass is 16.5. The Kier molecular flexibility index (Phi) is 7.37. The lowest BCUT2D eigenvalue weighted by atomic mass is 10.3. The van der Waals surface area contributed by atoms with Gasteiger partial charge in [0, 0.05) is 19.2 Å². The summed E-state index contributed by atoms with van der Waals surface area (Å²) < 4.78 is 5.35. The molecule has 0 spiro atoms. The SMILES string of the molecule is C=CCN(CCC)Cc1cc(CNCCC)no1. The van der Waals surface area contributed by atoms with E-state index in [1.165, 1.54) is 0 Å². The normalized spacial score (nSPS) is 11.1. The zero-order valence-corrected chi connectivity index (χ0v) is 11.6. The van der Waals surface area contributed by atoms with Gasteiger partial charge >= 0.3 is 0 Å². The summed E-state index contributed by atoms with van der Waals surface area (Å²) in [5, 5.41) is 7.39. The molecule has 0 aliphatic heterocycles. The number of hydrogen-bond donors (Lipinski definition) is 1. The third kappa shape index (κ3) is 5.47. The van der Waals surface area contributed by atoms with Crippen molar-refractivity contribution in [1.82, 2.24) is 15.4 Å². The van der Waals surface area contributed by atoms with Gasteiger partial charge in [-0.1, -0.05) is 25.1 Å². The maximum absolute atomic E-state index is 5.35. The summed E-state index contributed by atoms with van der Waals surface area (Å²) >= 11 is 0. The average molecular weight is 251 g/mol. The maximum atomic E-state index is 5.35. The predicted molar refractivity (Wildman–Crippen MR) is 74.3 cm³/mol. The Labute approximate surface area is 110 Å². The molecule has 0 unspecified atom stereocenters. The Morgan fingerprint density at radius 3 is 2.94 bits per heavy atom. The van der Waals surface area contributed by atoms with Crippen LogP contribution in [0, 0.1) is 0 Å². The third-order valence-electron chi connectivity index (χ3n) is 2.65. The average Bonchev–Trinajstić information content (AvgIpc) is 2.78. The monoisotopic (exact) mass is 251 g/mol. The molecule has 0 aliphatic rings. The second-order valence-electron chi connectivity index (χ2n) is 4.49. The quantitative estimate of drug-likeness (QED) is 0.512. The lowest BCUT2D eigenvalue weighted by Crippen LogP contribution is -2.23. The van der Waals surface area contributed by atoms with Crippen molar-refractivity contribution in [2.45, 2.75) is 39.8 Å². The Balaban J connectivity index is 2.43. The van der Waals surface area contributed by atoms with Crippen LogP contribution < -0.4 is 5.32 Å². The number of nitrogens with one attached hydrogen (secondary N) is 1. The van der Waals surface area contributed by atoms with Crippen LogP contribution in [0.5, 0.6) is 0 Å². The molecule has 0 aromatic carbocycles. The first-order valence-corrected chi connectivity index (χ1v) is 6.78. The maximum Gasteiger partial charge on any atom is 0.151 e. The zero-order chi connectivity index (χ0) is 13.2. The molecule has 1 heterocycles. The van der Waals surface area contributed by atoms with Crippen molar-refractivity contribution in [3.05, 3.63) is 30.2 Å². The summed E-state index contributed by atoms with van der Waals surface area (Å²) in [5.41, 5.74) is 0.980. The lowest BCUT2D eigenvalue weighted by Gasteiger charge is -2.17. The summed E-state index contributed by atoms with van der Waals surface area (Å²) in [7, 11) is 0. The fourth-order valence-electron chi connectivity index (χ4n) is 1.86. The lowest BCUT2D eigenvalue weighted by molar-refractivity contribution is 0.251. The van der Waals surface area contributed by atoms with E-state index >= 15 is 0 Å². The highest BCUT2D eigenvalue weighted by Crippen LogP contribution is 2.08. The van der Waals surface area contributed by atoms with Crippen LogP contribution >= 0.6 is 0 Å². The van der Waals surface area contributed by atoms with Gasteiger partial charge in [-0.3, -0.25) is 4.90 Å². The van der Waals surface area contributed by atoms with E-state index in [1.807, 2.05) is 12.1 Å². The smallest absolute Gasteiger partial charge is 0.151 e. The van der Waals surface area contributed by atoms with Crippen molar-refractivity contribution in [2.24, 2.45) is 0 Å². The molecule has 18 heavy (non-hydrogen) atoms. The molecule has 1 rings (SSSR count). The van der Waals surface area contributed by atoms with Gasteiger partial charge in [0.1, 0.15) is 0 Å². The van der Waals surface area contributed by atoms with Gasteiger partial charge in [-0.05, 0) is 25.9 Å². The summed E-state index contributed by atoms with van der Waals surface area (Å²) in [4.78, 5) is 2.30. The fourth-order valence-corrected chi connectivity index (χ4v) is 1.86.